The maximum absolute atomic E-state index is 11.9. The molecule has 2 aromatic rings. The number of hydrogen-bond donors (Lipinski definition) is 2. The molecule has 9 nitrogen and oxygen atoms in total. The van der Waals surface area contributed by atoms with Crippen molar-refractivity contribution in [2.24, 2.45) is 0 Å². The highest BCUT2D eigenvalue weighted by molar-refractivity contribution is 5.87. The molecule has 1 aliphatic heterocycles. The van der Waals surface area contributed by atoms with E-state index in [1.54, 1.807) is 49.0 Å². The fraction of sp³-hybridized carbons (Fsp3) is 0.318. The number of ether oxygens (including phenoxy) is 2. The SMILES string of the molecule is C=CC(=O)N1CC[C@H](n2nc(C#Cc3cc(OC)cc(OC)c3)c(NC=O)c2NC)C1. The number of nitrogens with one attached hydrogen (secondary N) is 2. The Morgan fingerprint density at radius 3 is 2.55 bits per heavy atom. The van der Waals surface area contributed by atoms with Gasteiger partial charge in [0.15, 0.2) is 5.69 Å². The Bertz CT molecular complexity index is 1030. The minimum Gasteiger partial charge on any atom is -0.497 e. The molecule has 2 N–H and O–H groups in total. The number of aromatic nitrogens is 2. The second-order valence-electron chi connectivity index (χ2n) is 6.81. The Balaban J connectivity index is 1.99. The number of carbonyl (C=O) groups excluding carboxylic acids is 2. The molecule has 0 unspecified atom stereocenters. The van der Waals surface area contributed by atoms with Crippen molar-refractivity contribution >= 4 is 23.8 Å². The van der Waals surface area contributed by atoms with Crippen LogP contribution in [-0.4, -0.2) is 61.4 Å². The lowest BCUT2D eigenvalue weighted by molar-refractivity contribution is -0.125. The average Bonchev–Trinajstić information content (AvgIpc) is 3.42. The lowest BCUT2D eigenvalue weighted by Crippen LogP contribution is -2.27. The van der Waals surface area contributed by atoms with Crippen molar-refractivity contribution in [3.8, 4) is 23.3 Å². The molecule has 1 aromatic heterocycles. The van der Waals surface area contributed by atoms with Gasteiger partial charge in [0.1, 0.15) is 23.0 Å². The van der Waals surface area contributed by atoms with E-state index in [1.807, 2.05) is 0 Å². The zero-order valence-corrected chi connectivity index (χ0v) is 17.8. The molecule has 3 rings (SSSR count). The number of hydrogen-bond acceptors (Lipinski definition) is 6. The molecule has 0 aliphatic carbocycles. The summed E-state index contributed by atoms with van der Waals surface area (Å²) in [4.78, 5) is 24.9. The molecule has 0 radical (unpaired) electrons. The standard InChI is InChI=1S/C22H25N5O4/c1-5-20(29)26-9-8-16(13-26)27-22(23-2)21(24-14-28)19(25-27)7-6-15-10-17(30-3)12-18(11-15)31-4/h5,10-12,14,16,23H,1,8-9,13H2,2-4H3,(H,24,28)/t16-/m0/s1. The molecular weight excluding hydrogens is 398 g/mol. The van der Waals surface area contributed by atoms with Crippen molar-refractivity contribution in [3.63, 3.8) is 0 Å². The van der Waals surface area contributed by atoms with Gasteiger partial charge < -0.3 is 25.0 Å². The van der Waals surface area contributed by atoms with Gasteiger partial charge in [0, 0.05) is 31.8 Å². The third-order valence-electron chi connectivity index (χ3n) is 5.02. The summed E-state index contributed by atoms with van der Waals surface area (Å²) in [6.07, 6.45) is 2.63. The van der Waals surface area contributed by atoms with Gasteiger partial charge in [-0.05, 0) is 30.6 Å². The van der Waals surface area contributed by atoms with Crippen LogP contribution in [0.2, 0.25) is 0 Å². The maximum Gasteiger partial charge on any atom is 0.246 e. The smallest absolute Gasteiger partial charge is 0.246 e. The molecule has 0 spiro atoms. The van der Waals surface area contributed by atoms with Crippen LogP contribution >= 0.6 is 0 Å². The number of methoxy groups -OCH3 is 2. The van der Waals surface area contributed by atoms with Crippen LogP contribution < -0.4 is 20.1 Å². The Morgan fingerprint density at radius 2 is 1.97 bits per heavy atom. The number of rotatable bonds is 7. The molecule has 1 aromatic carbocycles. The van der Waals surface area contributed by atoms with Crippen LogP contribution in [-0.2, 0) is 9.59 Å². The molecule has 162 valence electrons. The summed E-state index contributed by atoms with van der Waals surface area (Å²) < 4.78 is 12.3. The van der Waals surface area contributed by atoms with E-state index in [-0.39, 0.29) is 11.9 Å². The van der Waals surface area contributed by atoms with Crippen LogP contribution in [0.1, 0.15) is 23.7 Å². The number of carbonyl (C=O) groups is 2. The van der Waals surface area contributed by atoms with E-state index in [0.717, 1.165) is 6.42 Å². The number of benzene rings is 1. The highest BCUT2D eigenvalue weighted by atomic mass is 16.5. The summed E-state index contributed by atoms with van der Waals surface area (Å²) in [5.74, 6) is 7.83. The van der Waals surface area contributed by atoms with Gasteiger partial charge in [-0.15, -0.1) is 0 Å². The second kappa shape index (κ2) is 9.71. The zero-order chi connectivity index (χ0) is 22.4. The number of likely N-dealkylation sites (tertiary alicyclic amines) is 1. The van der Waals surface area contributed by atoms with Gasteiger partial charge in [-0.2, -0.15) is 5.10 Å². The summed E-state index contributed by atoms with van der Waals surface area (Å²) in [5, 5.41) is 10.4. The quantitative estimate of drug-likeness (QED) is 0.401. The first-order chi connectivity index (χ1) is 15.0. The first-order valence-electron chi connectivity index (χ1n) is 9.71. The maximum atomic E-state index is 11.9. The summed E-state index contributed by atoms with van der Waals surface area (Å²) in [5.41, 5.74) is 1.57. The lowest BCUT2D eigenvalue weighted by Gasteiger charge is -2.16. The molecule has 1 aliphatic rings. The topological polar surface area (TPSA) is 97.7 Å². The predicted octanol–water partition coefficient (Wildman–Crippen LogP) is 1.87. The highest BCUT2D eigenvalue weighted by Crippen LogP contribution is 2.32. The molecule has 2 heterocycles. The molecular formula is C22H25N5O4. The van der Waals surface area contributed by atoms with Crippen molar-refractivity contribution in [3.05, 3.63) is 42.1 Å². The molecule has 0 bridgehead atoms. The summed E-state index contributed by atoms with van der Waals surface area (Å²) in [6, 6.07) is 5.28. The van der Waals surface area contributed by atoms with Crippen LogP contribution in [0, 0.1) is 11.8 Å². The molecule has 1 saturated heterocycles. The van der Waals surface area contributed by atoms with Crippen molar-refractivity contribution < 1.29 is 19.1 Å². The Morgan fingerprint density at radius 1 is 1.26 bits per heavy atom. The van der Waals surface area contributed by atoms with Gasteiger partial charge in [0.05, 0.1) is 20.3 Å². The van der Waals surface area contributed by atoms with E-state index >= 15 is 0 Å². The minimum absolute atomic E-state index is 0.0500. The molecule has 1 fully saturated rings. The summed E-state index contributed by atoms with van der Waals surface area (Å²) in [6.45, 7) is 4.66. The van der Waals surface area contributed by atoms with Gasteiger partial charge in [-0.25, -0.2) is 4.68 Å². The highest BCUT2D eigenvalue weighted by Gasteiger charge is 2.30. The molecule has 2 amide bonds. The van der Waals surface area contributed by atoms with Gasteiger partial charge >= 0.3 is 0 Å². The fourth-order valence-corrected chi connectivity index (χ4v) is 3.50. The van der Waals surface area contributed by atoms with Crippen molar-refractivity contribution in [2.45, 2.75) is 12.5 Å². The number of amides is 2. The van der Waals surface area contributed by atoms with E-state index in [0.29, 0.717) is 53.8 Å². The molecule has 9 heteroatoms. The third kappa shape index (κ3) is 4.64. The Hall–Kier alpha value is -3.93. The molecule has 1 atom stereocenters. The summed E-state index contributed by atoms with van der Waals surface area (Å²) >= 11 is 0. The van der Waals surface area contributed by atoms with Gasteiger partial charge in [-0.3, -0.25) is 9.59 Å². The van der Waals surface area contributed by atoms with E-state index in [1.165, 1.54) is 6.08 Å². The minimum atomic E-state index is -0.112. The zero-order valence-electron chi connectivity index (χ0n) is 17.8. The van der Waals surface area contributed by atoms with E-state index in [4.69, 9.17) is 9.47 Å². The molecule has 31 heavy (non-hydrogen) atoms. The second-order valence-corrected chi connectivity index (χ2v) is 6.81. The lowest BCUT2D eigenvalue weighted by atomic mass is 10.2. The Labute approximate surface area is 181 Å². The normalized spacial score (nSPS) is 14.9. The largest absolute Gasteiger partial charge is 0.497 e. The van der Waals surface area contributed by atoms with E-state index in [2.05, 4.69) is 34.2 Å². The van der Waals surface area contributed by atoms with Gasteiger partial charge in [-0.1, -0.05) is 12.5 Å². The fourth-order valence-electron chi connectivity index (χ4n) is 3.50. The van der Waals surface area contributed by atoms with E-state index < -0.39 is 0 Å². The first-order valence-corrected chi connectivity index (χ1v) is 9.71. The summed E-state index contributed by atoms with van der Waals surface area (Å²) in [7, 11) is 4.89. The number of anilines is 2. The monoisotopic (exact) mass is 423 g/mol. The van der Waals surface area contributed by atoms with Crippen molar-refractivity contribution in [1.29, 1.82) is 0 Å². The average molecular weight is 423 g/mol. The van der Waals surface area contributed by atoms with E-state index in [9.17, 15) is 9.59 Å². The third-order valence-corrected chi connectivity index (χ3v) is 5.02. The van der Waals surface area contributed by atoms with Crippen LogP contribution in [0.3, 0.4) is 0 Å². The van der Waals surface area contributed by atoms with Crippen LogP contribution in [0.25, 0.3) is 0 Å². The first kappa shape index (κ1) is 21.8. The van der Waals surface area contributed by atoms with Gasteiger partial charge in [0.2, 0.25) is 12.3 Å². The molecule has 0 saturated carbocycles. The van der Waals surface area contributed by atoms with Gasteiger partial charge in [0.25, 0.3) is 0 Å². The van der Waals surface area contributed by atoms with Crippen molar-refractivity contribution in [2.75, 3.05) is 45.0 Å². The van der Waals surface area contributed by atoms with Crippen LogP contribution in [0.4, 0.5) is 11.5 Å². The predicted molar refractivity (Wildman–Crippen MR) is 117 cm³/mol. The van der Waals surface area contributed by atoms with Crippen molar-refractivity contribution in [1.82, 2.24) is 14.7 Å². The number of nitrogens with zero attached hydrogens (tertiary/aromatic N) is 3. The Kier molecular flexibility index (Phi) is 6.82. The van der Waals surface area contributed by atoms with Crippen LogP contribution in [0.15, 0.2) is 30.9 Å². The van der Waals surface area contributed by atoms with Crippen LogP contribution in [0.5, 0.6) is 11.5 Å².